The van der Waals surface area contributed by atoms with E-state index in [9.17, 15) is 13.2 Å². The molecule has 8 heteroatoms. The Morgan fingerprint density at radius 1 is 1.24 bits per heavy atom. The van der Waals surface area contributed by atoms with Crippen LogP contribution in [0.25, 0.3) is 17.0 Å². The number of para-hydroxylation sites is 1. The smallest absolute Gasteiger partial charge is 0.232 e. The highest BCUT2D eigenvalue weighted by Gasteiger charge is 2.39. The van der Waals surface area contributed by atoms with Crippen LogP contribution < -0.4 is 9.47 Å². The van der Waals surface area contributed by atoms with E-state index < -0.39 is 9.84 Å². The van der Waals surface area contributed by atoms with E-state index in [1.165, 1.54) is 0 Å². The number of carbonyl (C=O) groups is 1. The predicted octanol–water partition coefficient (Wildman–Crippen LogP) is 3.92. The Morgan fingerprint density at radius 3 is 2.82 bits per heavy atom. The standard InChI is InChI=1S/C26H26N2O5S/c1-3-27-12-17(19-6-4-5-7-21(19)27)11-23-25(29)24-16(2)10-22-20(26(24)33-23)13-28(15-32-22)18-8-9-34(30,31)14-18/h4-7,10-12,18H,3,8-9,13-15H2,1-2H3/b23-11-. The third kappa shape index (κ3) is 3.35. The van der Waals surface area contributed by atoms with Gasteiger partial charge in [-0.2, -0.15) is 0 Å². The summed E-state index contributed by atoms with van der Waals surface area (Å²) in [6.07, 6.45) is 4.47. The van der Waals surface area contributed by atoms with Crippen LogP contribution in [0.4, 0.5) is 0 Å². The average Bonchev–Trinajstić information content (AvgIpc) is 3.48. The van der Waals surface area contributed by atoms with E-state index in [-0.39, 0.29) is 23.3 Å². The van der Waals surface area contributed by atoms with Crippen molar-refractivity contribution in [2.75, 3.05) is 18.2 Å². The molecule has 7 nitrogen and oxygen atoms in total. The van der Waals surface area contributed by atoms with Gasteiger partial charge < -0.3 is 14.0 Å². The van der Waals surface area contributed by atoms with Gasteiger partial charge in [0, 0.05) is 41.8 Å². The fourth-order valence-electron chi connectivity index (χ4n) is 5.34. The van der Waals surface area contributed by atoms with Crippen LogP contribution in [-0.2, 0) is 22.9 Å². The molecule has 3 aliphatic heterocycles. The van der Waals surface area contributed by atoms with Crippen molar-refractivity contribution in [3.8, 4) is 11.5 Å². The summed E-state index contributed by atoms with van der Waals surface area (Å²) in [6, 6.07) is 9.94. The van der Waals surface area contributed by atoms with Gasteiger partial charge in [-0.1, -0.05) is 18.2 Å². The maximum Gasteiger partial charge on any atom is 0.232 e. The zero-order chi connectivity index (χ0) is 23.6. The minimum atomic E-state index is -3.00. The number of hydrogen-bond donors (Lipinski definition) is 0. The molecule has 0 saturated carbocycles. The fourth-order valence-corrected chi connectivity index (χ4v) is 7.10. The van der Waals surface area contributed by atoms with Crippen molar-refractivity contribution >= 4 is 32.6 Å². The molecule has 0 amide bonds. The van der Waals surface area contributed by atoms with Gasteiger partial charge in [-0.05, 0) is 44.0 Å². The number of ketones is 1. The van der Waals surface area contributed by atoms with Gasteiger partial charge in [-0.25, -0.2) is 8.42 Å². The van der Waals surface area contributed by atoms with E-state index in [1.54, 1.807) is 0 Å². The molecule has 176 valence electrons. The SMILES string of the molecule is CCn1cc(/C=C2\Oc3c4c(cc(C)c3C2=O)OCN(C2CCS(=O)(=O)C2)C4)c2ccccc21. The molecule has 3 aliphatic rings. The normalized spacial score (nSPS) is 22.6. The first kappa shape index (κ1) is 21.4. The second kappa shape index (κ2) is 7.71. The largest absolute Gasteiger partial charge is 0.478 e. The highest BCUT2D eigenvalue weighted by atomic mass is 32.2. The van der Waals surface area contributed by atoms with Crippen molar-refractivity contribution in [2.24, 2.45) is 0 Å². The van der Waals surface area contributed by atoms with Crippen molar-refractivity contribution in [1.29, 1.82) is 0 Å². The van der Waals surface area contributed by atoms with E-state index in [0.29, 0.717) is 42.5 Å². The summed E-state index contributed by atoms with van der Waals surface area (Å²) in [5.41, 5.74) is 4.24. The van der Waals surface area contributed by atoms with Crippen molar-refractivity contribution in [3.05, 3.63) is 64.5 Å². The molecule has 1 atom stereocenters. The Bertz CT molecular complexity index is 1480. The molecule has 1 aromatic heterocycles. The number of hydrogen-bond acceptors (Lipinski definition) is 6. The fraction of sp³-hybridized carbons (Fsp3) is 0.346. The number of carbonyl (C=O) groups excluding carboxylic acids is 1. The first-order chi connectivity index (χ1) is 16.3. The van der Waals surface area contributed by atoms with Gasteiger partial charge in [-0.3, -0.25) is 9.69 Å². The number of sulfone groups is 1. The third-order valence-electron chi connectivity index (χ3n) is 7.12. The molecule has 1 saturated heterocycles. The van der Waals surface area contributed by atoms with Crippen LogP contribution in [0.5, 0.6) is 11.5 Å². The van der Waals surface area contributed by atoms with Gasteiger partial charge in [0.1, 0.15) is 18.2 Å². The van der Waals surface area contributed by atoms with E-state index in [1.807, 2.05) is 42.3 Å². The minimum absolute atomic E-state index is 0.0811. The Balaban J connectivity index is 1.38. The highest BCUT2D eigenvalue weighted by Crippen LogP contribution is 2.45. The molecule has 1 fully saturated rings. The van der Waals surface area contributed by atoms with Gasteiger partial charge in [0.2, 0.25) is 5.78 Å². The van der Waals surface area contributed by atoms with Crippen LogP contribution >= 0.6 is 0 Å². The molecular weight excluding hydrogens is 452 g/mol. The zero-order valence-corrected chi connectivity index (χ0v) is 20.0. The number of Topliss-reactive ketones (excluding diaryl/α,β-unsaturated/α-hetero) is 1. The second-order valence-electron chi connectivity index (χ2n) is 9.28. The number of rotatable bonds is 3. The summed E-state index contributed by atoms with van der Waals surface area (Å²) < 4.78 is 38.4. The lowest BCUT2D eigenvalue weighted by Gasteiger charge is -2.33. The first-order valence-corrected chi connectivity index (χ1v) is 13.4. The van der Waals surface area contributed by atoms with Crippen molar-refractivity contribution in [1.82, 2.24) is 9.47 Å². The van der Waals surface area contributed by atoms with E-state index >= 15 is 0 Å². The topological polar surface area (TPSA) is 77.8 Å². The van der Waals surface area contributed by atoms with Gasteiger partial charge in [-0.15, -0.1) is 0 Å². The summed E-state index contributed by atoms with van der Waals surface area (Å²) in [5, 5.41) is 1.07. The number of aromatic nitrogens is 1. The Kier molecular flexibility index (Phi) is 4.86. The van der Waals surface area contributed by atoms with Gasteiger partial charge in [0.05, 0.1) is 22.6 Å². The molecule has 3 aromatic rings. The summed E-state index contributed by atoms with van der Waals surface area (Å²) in [4.78, 5) is 15.4. The van der Waals surface area contributed by atoms with Crippen LogP contribution in [0, 0.1) is 6.92 Å². The number of aryl methyl sites for hydroxylation is 2. The summed E-state index contributed by atoms with van der Waals surface area (Å²) in [5.74, 6) is 1.75. The first-order valence-electron chi connectivity index (χ1n) is 11.6. The molecule has 0 aliphatic carbocycles. The van der Waals surface area contributed by atoms with Crippen molar-refractivity contribution in [3.63, 3.8) is 0 Å². The molecular formula is C26H26N2O5S. The van der Waals surface area contributed by atoms with Crippen LogP contribution in [0.15, 0.2) is 42.3 Å². The molecule has 34 heavy (non-hydrogen) atoms. The lowest BCUT2D eigenvalue weighted by atomic mass is 9.98. The summed E-state index contributed by atoms with van der Waals surface area (Å²) >= 11 is 0. The molecule has 1 unspecified atom stereocenters. The lowest BCUT2D eigenvalue weighted by Crippen LogP contribution is -2.41. The van der Waals surface area contributed by atoms with Gasteiger partial charge in [0.25, 0.3) is 0 Å². The van der Waals surface area contributed by atoms with Crippen LogP contribution in [0.3, 0.4) is 0 Å². The van der Waals surface area contributed by atoms with Gasteiger partial charge >= 0.3 is 0 Å². The second-order valence-corrected chi connectivity index (χ2v) is 11.5. The Hall–Kier alpha value is -3.10. The molecule has 0 spiro atoms. The maximum absolute atomic E-state index is 13.4. The quantitative estimate of drug-likeness (QED) is 0.531. The average molecular weight is 479 g/mol. The van der Waals surface area contributed by atoms with Crippen molar-refractivity contribution < 1.29 is 22.7 Å². The van der Waals surface area contributed by atoms with E-state index in [0.717, 1.165) is 34.1 Å². The zero-order valence-electron chi connectivity index (χ0n) is 19.2. The molecule has 0 radical (unpaired) electrons. The number of nitrogens with zero attached hydrogens (tertiary/aromatic N) is 2. The van der Waals surface area contributed by atoms with Gasteiger partial charge in [0.15, 0.2) is 15.6 Å². The molecule has 4 heterocycles. The van der Waals surface area contributed by atoms with E-state index in [4.69, 9.17) is 9.47 Å². The number of fused-ring (bicyclic) bond motifs is 4. The molecule has 0 N–H and O–H groups in total. The summed E-state index contributed by atoms with van der Waals surface area (Å²) in [6.45, 7) is 5.64. The van der Waals surface area contributed by atoms with Crippen LogP contribution in [-0.4, -0.2) is 47.9 Å². The summed E-state index contributed by atoms with van der Waals surface area (Å²) in [7, 11) is -3.00. The minimum Gasteiger partial charge on any atom is -0.478 e. The number of benzene rings is 2. The number of allylic oxidation sites excluding steroid dienone is 1. The maximum atomic E-state index is 13.4. The molecule has 2 aromatic carbocycles. The van der Waals surface area contributed by atoms with Crippen molar-refractivity contribution in [2.45, 2.75) is 39.4 Å². The Labute approximate surface area is 198 Å². The molecule has 6 rings (SSSR count). The third-order valence-corrected chi connectivity index (χ3v) is 8.87. The van der Waals surface area contributed by atoms with Crippen LogP contribution in [0.2, 0.25) is 0 Å². The monoisotopic (exact) mass is 478 g/mol. The predicted molar refractivity (Wildman–Crippen MR) is 130 cm³/mol. The Morgan fingerprint density at radius 2 is 2.06 bits per heavy atom. The number of ether oxygens (including phenoxy) is 2. The highest BCUT2D eigenvalue weighted by molar-refractivity contribution is 7.91. The van der Waals surface area contributed by atoms with E-state index in [2.05, 4.69) is 23.6 Å². The van der Waals surface area contributed by atoms with Crippen LogP contribution in [0.1, 0.15) is 40.4 Å². The molecule has 0 bridgehead atoms. The lowest BCUT2D eigenvalue weighted by molar-refractivity contribution is 0.0633.